The summed E-state index contributed by atoms with van der Waals surface area (Å²) in [5, 5.41) is 3.51. The molecule has 0 spiro atoms. The molecule has 0 bridgehead atoms. The number of ketones is 1. The van der Waals surface area contributed by atoms with Gasteiger partial charge in [-0.05, 0) is 40.7 Å². The number of benzene rings is 2. The molecule has 0 saturated heterocycles. The zero-order valence-corrected chi connectivity index (χ0v) is 16.9. The fraction of sp³-hybridized carbons (Fsp3) is 0.375. The molecule has 0 aromatic heterocycles. The summed E-state index contributed by atoms with van der Waals surface area (Å²) in [6, 6.07) is 15.1. The van der Waals surface area contributed by atoms with Gasteiger partial charge in [0.25, 0.3) is 0 Å². The highest BCUT2D eigenvalue weighted by Gasteiger charge is 2.40. The molecule has 3 rings (SSSR count). The molecule has 2 unspecified atom stereocenters. The fourth-order valence-corrected chi connectivity index (χ4v) is 4.54. The van der Waals surface area contributed by atoms with Crippen LogP contribution in [0.4, 0.5) is 0 Å². The van der Waals surface area contributed by atoms with Gasteiger partial charge in [-0.15, -0.1) is 0 Å². The lowest BCUT2D eigenvalue weighted by molar-refractivity contribution is -0.129. The fourth-order valence-electron chi connectivity index (χ4n) is 4.54. The van der Waals surface area contributed by atoms with E-state index in [1.807, 2.05) is 6.92 Å². The van der Waals surface area contributed by atoms with Crippen molar-refractivity contribution in [1.82, 2.24) is 0 Å². The molecule has 0 fully saturated rings. The Hall–Kier alpha value is -2.75. The summed E-state index contributed by atoms with van der Waals surface area (Å²) in [5.74, 6) is -0.645. The van der Waals surface area contributed by atoms with Crippen molar-refractivity contribution in [3.63, 3.8) is 0 Å². The summed E-state index contributed by atoms with van der Waals surface area (Å²) in [4.78, 5) is 27.4. The van der Waals surface area contributed by atoms with Crippen molar-refractivity contribution in [2.24, 2.45) is 11.1 Å². The lowest BCUT2D eigenvalue weighted by atomic mass is 9.73. The van der Waals surface area contributed by atoms with E-state index in [-0.39, 0.29) is 23.6 Å². The summed E-state index contributed by atoms with van der Waals surface area (Å²) < 4.78 is 0. The third-order valence-corrected chi connectivity index (χ3v) is 6.26. The van der Waals surface area contributed by atoms with E-state index in [0.717, 1.165) is 18.4 Å². The first-order valence-corrected chi connectivity index (χ1v) is 9.91. The van der Waals surface area contributed by atoms with Crippen LogP contribution < -0.4 is 0 Å². The highest BCUT2D eigenvalue weighted by atomic mass is 16.7. The zero-order chi connectivity index (χ0) is 20.3. The highest BCUT2D eigenvalue weighted by molar-refractivity contribution is 5.98. The van der Waals surface area contributed by atoms with E-state index in [9.17, 15) is 9.59 Å². The molecule has 0 saturated carbocycles. The Bertz CT molecular complexity index is 912. The maximum absolute atomic E-state index is 12.8. The van der Waals surface area contributed by atoms with E-state index in [1.165, 1.54) is 28.5 Å². The lowest BCUT2D eigenvalue weighted by Crippen LogP contribution is -2.24. The first-order chi connectivity index (χ1) is 13.5. The molecule has 4 nitrogen and oxygen atoms in total. The molecule has 2 aromatic rings. The van der Waals surface area contributed by atoms with Gasteiger partial charge in [-0.2, -0.15) is 0 Å². The minimum Gasteiger partial charge on any atom is -0.322 e. The van der Waals surface area contributed by atoms with E-state index in [2.05, 4.69) is 66.3 Å². The maximum Gasteiger partial charge on any atom is 0.323 e. The minimum absolute atomic E-state index is 0.00439. The van der Waals surface area contributed by atoms with E-state index in [1.54, 1.807) is 6.92 Å². The van der Waals surface area contributed by atoms with Crippen molar-refractivity contribution in [3.8, 4) is 11.1 Å². The predicted molar refractivity (Wildman–Crippen MR) is 111 cm³/mol. The van der Waals surface area contributed by atoms with Crippen molar-refractivity contribution in [1.29, 1.82) is 0 Å². The topological polar surface area (TPSA) is 55.7 Å². The summed E-state index contributed by atoms with van der Waals surface area (Å²) >= 11 is 0. The van der Waals surface area contributed by atoms with Gasteiger partial charge in [0.15, 0.2) is 0 Å². The van der Waals surface area contributed by atoms with Crippen LogP contribution in [0.2, 0.25) is 0 Å². The van der Waals surface area contributed by atoms with Crippen LogP contribution in [-0.2, 0) is 19.8 Å². The van der Waals surface area contributed by atoms with Gasteiger partial charge in [0.1, 0.15) is 5.78 Å². The van der Waals surface area contributed by atoms with Gasteiger partial charge in [-0.25, -0.2) is 0 Å². The van der Waals surface area contributed by atoms with Gasteiger partial charge >= 0.3 is 6.47 Å². The van der Waals surface area contributed by atoms with Crippen LogP contribution in [0.1, 0.15) is 63.1 Å². The summed E-state index contributed by atoms with van der Waals surface area (Å²) in [6.07, 6.45) is 3.41. The van der Waals surface area contributed by atoms with Gasteiger partial charge < -0.3 is 4.84 Å². The largest absolute Gasteiger partial charge is 0.323 e. The lowest BCUT2D eigenvalue weighted by Gasteiger charge is -2.30. The standard InChI is InChI=1S/C24H27NO3/c1-5-24(6-2)21-10-8-7-9-19(21)20-12-11-18(13-22(20)24)17(4)23(27)16(3)14-25-28-15-26/h7-17H,5-6H2,1-4H3/b25-14+. The van der Waals surface area contributed by atoms with Gasteiger partial charge in [-0.3, -0.25) is 9.59 Å². The van der Waals surface area contributed by atoms with Crippen molar-refractivity contribution >= 4 is 18.5 Å². The van der Waals surface area contributed by atoms with Crippen LogP contribution in [0.15, 0.2) is 47.6 Å². The Morgan fingerprint density at radius 2 is 1.75 bits per heavy atom. The van der Waals surface area contributed by atoms with Gasteiger partial charge in [-0.1, -0.05) is 75.3 Å². The number of oxime groups is 1. The van der Waals surface area contributed by atoms with E-state index in [4.69, 9.17) is 0 Å². The summed E-state index contributed by atoms with van der Waals surface area (Å²) in [5.41, 5.74) is 6.30. The molecule has 4 heteroatoms. The van der Waals surface area contributed by atoms with E-state index >= 15 is 0 Å². The average molecular weight is 377 g/mol. The Morgan fingerprint density at radius 1 is 1.07 bits per heavy atom. The van der Waals surface area contributed by atoms with Crippen LogP contribution in [0.5, 0.6) is 0 Å². The number of hydrogen-bond donors (Lipinski definition) is 0. The molecule has 28 heavy (non-hydrogen) atoms. The van der Waals surface area contributed by atoms with Crippen LogP contribution >= 0.6 is 0 Å². The number of hydrogen-bond acceptors (Lipinski definition) is 4. The Kier molecular flexibility index (Phi) is 5.78. The van der Waals surface area contributed by atoms with Gasteiger partial charge in [0.05, 0.1) is 12.1 Å². The number of fused-ring (bicyclic) bond motifs is 3. The van der Waals surface area contributed by atoms with Crippen LogP contribution in [0, 0.1) is 5.92 Å². The number of rotatable bonds is 8. The maximum atomic E-state index is 12.8. The highest BCUT2D eigenvalue weighted by Crippen LogP contribution is 2.53. The number of Topliss-reactive ketones (excluding diaryl/α,β-unsaturated/α-hetero) is 1. The third-order valence-electron chi connectivity index (χ3n) is 6.26. The molecule has 2 atom stereocenters. The Labute approximate surface area is 166 Å². The van der Waals surface area contributed by atoms with Crippen molar-refractivity contribution in [2.75, 3.05) is 0 Å². The first-order valence-electron chi connectivity index (χ1n) is 9.91. The molecule has 1 aliphatic rings. The molecule has 1 aliphatic carbocycles. The van der Waals surface area contributed by atoms with Crippen LogP contribution in [-0.4, -0.2) is 18.5 Å². The van der Waals surface area contributed by atoms with Crippen molar-refractivity contribution in [2.45, 2.75) is 51.9 Å². The molecule has 0 aliphatic heterocycles. The SMILES string of the molecule is CCC1(CC)c2ccccc2-c2ccc(C(C)C(=O)C(C)/C=N/OC=O)cc21. The molecule has 0 amide bonds. The molecule has 0 N–H and O–H groups in total. The molecular formula is C24H27NO3. The molecule has 146 valence electrons. The third kappa shape index (κ3) is 3.17. The van der Waals surface area contributed by atoms with Crippen LogP contribution in [0.3, 0.4) is 0 Å². The van der Waals surface area contributed by atoms with E-state index < -0.39 is 5.92 Å². The summed E-state index contributed by atoms with van der Waals surface area (Å²) in [7, 11) is 0. The minimum atomic E-state index is -0.428. The van der Waals surface area contributed by atoms with Crippen LogP contribution in [0.25, 0.3) is 11.1 Å². The van der Waals surface area contributed by atoms with Crippen molar-refractivity contribution < 1.29 is 14.4 Å². The first kappa shape index (κ1) is 20.0. The monoisotopic (exact) mass is 377 g/mol. The number of carbonyl (C=O) groups is 2. The normalized spacial score (nSPS) is 16.3. The Morgan fingerprint density at radius 3 is 2.43 bits per heavy atom. The zero-order valence-electron chi connectivity index (χ0n) is 16.9. The molecular weight excluding hydrogens is 350 g/mol. The second-order valence-corrected chi connectivity index (χ2v) is 7.51. The van der Waals surface area contributed by atoms with Crippen molar-refractivity contribution in [3.05, 3.63) is 59.2 Å². The van der Waals surface area contributed by atoms with E-state index in [0.29, 0.717) is 0 Å². The molecule has 2 aromatic carbocycles. The number of carbonyl (C=O) groups excluding carboxylic acids is 2. The quantitative estimate of drug-likeness (QED) is 0.274. The second-order valence-electron chi connectivity index (χ2n) is 7.51. The predicted octanol–water partition coefficient (Wildman–Crippen LogP) is 5.24. The van der Waals surface area contributed by atoms with Gasteiger partial charge in [0.2, 0.25) is 0 Å². The Balaban J connectivity index is 1.99. The number of nitrogens with zero attached hydrogens (tertiary/aromatic N) is 1. The smallest absolute Gasteiger partial charge is 0.322 e. The average Bonchev–Trinajstić information content (AvgIpc) is 3.02. The second kappa shape index (κ2) is 8.09. The summed E-state index contributed by atoms with van der Waals surface area (Å²) in [6.45, 7) is 8.41. The van der Waals surface area contributed by atoms with Gasteiger partial charge in [0, 0.05) is 11.3 Å². The molecule has 0 heterocycles. The molecule has 0 radical (unpaired) electrons.